The van der Waals surface area contributed by atoms with Gasteiger partial charge in [-0.2, -0.15) is 4.98 Å². The Bertz CT molecular complexity index is 717. The van der Waals surface area contributed by atoms with E-state index in [1.807, 2.05) is 23.1 Å². The maximum atomic E-state index is 11.9. The molecule has 1 aromatic carbocycles. The van der Waals surface area contributed by atoms with Gasteiger partial charge in [0, 0.05) is 32.1 Å². The van der Waals surface area contributed by atoms with Gasteiger partial charge in [0.1, 0.15) is 0 Å². The summed E-state index contributed by atoms with van der Waals surface area (Å²) < 4.78 is 5.43. The summed E-state index contributed by atoms with van der Waals surface area (Å²) in [6, 6.07) is 10.5. The van der Waals surface area contributed by atoms with Gasteiger partial charge in [-0.05, 0) is 24.9 Å². The first-order valence-electron chi connectivity index (χ1n) is 8.90. The Morgan fingerprint density at radius 3 is 2.92 bits per heavy atom. The number of nitrogens with one attached hydrogen (secondary N) is 1. The molecule has 3 heterocycles. The van der Waals surface area contributed by atoms with Crippen LogP contribution in [0.4, 0.5) is 4.79 Å². The van der Waals surface area contributed by atoms with Crippen LogP contribution in [-0.2, 0) is 13.0 Å². The summed E-state index contributed by atoms with van der Waals surface area (Å²) in [6.45, 7) is 4.07. The molecular formula is C18H23N5O2. The van der Waals surface area contributed by atoms with Gasteiger partial charge in [-0.3, -0.25) is 4.90 Å². The first kappa shape index (κ1) is 16.1. The molecule has 7 heteroatoms. The van der Waals surface area contributed by atoms with Crippen LogP contribution in [-0.4, -0.2) is 58.2 Å². The van der Waals surface area contributed by atoms with Gasteiger partial charge in [-0.15, -0.1) is 0 Å². The molecule has 2 aromatic rings. The van der Waals surface area contributed by atoms with Crippen molar-refractivity contribution in [2.75, 3.05) is 26.2 Å². The Hall–Kier alpha value is -2.41. The number of likely N-dealkylation sites (tertiary alicyclic amines) is 1. The van der Waals surface area contributed by atoms with E-state index in [-0.39, 0.29) is 12.1 Å². The number of nitrogens with zero attached hydrogens (tertiary/aromatic N) is 4. The highest BCUT2D eigenvalue weighted by Crippen LogP contribution is 2.19. The number of hydrogen-bond donors (Lipinski definition) is 1. The van der Waals surface area contributed by atoms with E-state index in [0.717, 1.165) is 39.0 Å². The third-order valence-electron chi connectivity index (χ3n) is 4.89. The number of aromatic nitrogens is 2. The van der Waals surface area contributed by atoms with Gasteiger partial charge in [-0.1, -0.05) is 35.5 Å². The smallest absolute Gasteiger partial charge is 0.317 e. The number of carbonyl (C=O) groups is 1. The van der Waals surface area contributed by atoms with Gasteiger partial charge in [-0.25, -0.2) is 4.79 Å². The minimum atomic E-state index is 0.0646. The highest BCUT2D eigenvalue weighted by Gasteiger charge is 2.31. The van der Waals surface area contributed by atoms with Crippen molar-refractivity contribution in [2.45, 2.75) is 31.8 Å². The fourth-order valence-corrected chi connectivity index (χ4v) is 3.66. The average Bonchev–Trinajstić information content (AvgIpc) is 3.25. The number of piperidine rings is 1. The van der Waals surface area contributed by atoms with Crippen molar-refractivity contribution in [3.05, 3.63) is 47.6 Å². The predicted molar refractivity (Wildman–Crippen MR) is 91.9 cm³/mol. The fraction of sp³-hybridized carbons (Fsp3) is 0.500. The summed E-state index contributed by atoms with van der Waals surface area (Å²) in [7, 11) is 0. The number of rotatable bonds is 5. The van der Waals surface area contributed by atoms with Crippen LogP contribution in [0.3, 0.4) is 0 Å². The van der Waals surface area contributed by atoms with Crippen molar-refractivity contribution in [3.63, 3.8) is 0 Å². The first-order chi connectivity index (χ1) is 12.3. The molecule has 2 aliphatic rings. The predicted octanol–water partition coefficient (Wildman–Crippen LogP) is 1.65. The Labute approximate surface area is 147 Å². The van der Waals surface area contributed by atoms with Gasteiger partial charge in [0.25, 0.3) is 0 Å². The molecule has 0 bridgehead atoms. The molecule has 0 unspecified atom stereocenters. The van der Waals surface area contributed by atoms with Gasteiger partial charge in [0.05, 0.1) is 6.54 Å². The van der Waals surface area contributed by atoms with Crippen LogP contribution in [0, 0.1) is 0 Å². The Kier molecular flexibility index (Phi) is 4.65. The second kappa shape index (κ2) is 7.23. The second-order valence-corrected chi connectivity index (χ2v) is 6.72. The lowest BCUT2D eigenvalue weighted by molar-refractivity contribution is 0.113. The average molecular weight is 341 g/mol. The molecular weight excluding hydrogens is 318 g/mol. The molecule has 2 amide bonds. The summed E-state index contributed by atoms with van der Waals surface area (Å²) in [5.41, 5.74) is 1.17. The van der Waals surface area contributed by atoms with Gasteiger partial charge >= 0.3 is 6.03 Å². The largest absolute Gasteiger partial charge is 0.338 e. The normalized spacial score (nSPS) is 21.5. The van der Waals surface area contributed by atoms with Crippen LogP contribution in [0.2, 0.25) is 0 Å². The summed E-state index contributed by atoms with van der Waals surface area (Å²) in [5.74, 6) is 1.37. The van der Waals surface area contributed by atoms with Gasteiger partial charge < -0.3 is 14.7 Å². The van der Waals surface area contributed by atoms with E-state index in [1.54, 1.807) is 0 Å². The molecule has 0 aliphatic carbocycles. The summed E-state index contributed by atoms with van der Waals surface area (Å²) in [4.78, 5) is 20.7. The van der Waals surface area contributed by atoms with E-state index in [4.69, 9.17) is 4.52 Å². The topological polar surface area (TPSA) is 74.5 Å². The molecule has 2 fully saturated rings. The zero-order valence-electron chi connectivity index (χ0n) is 14.2. The van der Waals surface area contributed by atoms with Crippen LogP contribution >= 0.6 is 0 Å². The van der Waals surface area contributed by atoms with Crippen LogP contribution in [0.5, 0.6) is 0 Å². The molecule has 2 aliphatic heterocycles. The van der Waals surface area contributed by atoms with E-state index in [1.165, 1.54) is 5.56 Å². The highest BCUT2D eigenvalue weighted by molar-refractivity contribution is 5.76. The Morgan fingerprint density at radius 1 is 1.24 bits per heavy atom. The van der Waals surface area contributed by atoms with Crippen molar-refractivity contribution in [2.24, 2.45) is 0 Å². The monoisotopic (exact) mass is 341 g/mol. The van der Waals surface area contributed by atoms with Crippen molar-refractivity contribution >= 4 is 6.03 Å². The summed E-state index contributed by atoms with van der Waals surface area (Å²) in [6.07, 6.45) is 2.83. The molecule has 132 valence electrons. The van der Waals surface area contributed by atoms with Crippen LogP contribution in [0.15, 0.2) is 34.9 Å². The molecule has 0 radical (unpaired) electrons. The van der Waals surface area contributed by atoms with Crippen LogP contribution in [0.1, 0.15) is 30.1 Å². The number of carbonyl (C=O) groups excluding carboxylic acids is 1. The summed E-state index contributed by atoms with van der Waals surface area (Å²) in [5, 5.41) is 6.98. The first-order valence-corrected chi connectivity index (χ1v) is 8.90. The molecule has 7 nitrogen and oxygen atoms in total. The molecule has 0 spiro atoms. The Morgan fingerprint density at radius 2 is 2.12 bits per heavy atom. The van der Waals surface area contributed by atoms with Crippen molar-refractivity contribution in [3.8, 4) is 0 Å². The molecule has 1 atom stereocenters. The molecule has 2 saturated heterocycles. The molecule has 1 N–H and O–H groups in total. The quantitative estimate of drug-likeness (QED) is 0.895. The number of benzene rings is 1. The number of amides is 2. The minimum absolute atomic E-state index is 0.0646. The lowest BCUT2D eigenvalue weighted by Crippen LogP contribution is -2.48. The highest BCUT2D eigenvalue weighted by atomic mass is 16.5. The maximum absolute atomic E-state index is 11.9. The standard InChI is InChI=1S/C18H23N5O2/c24-18-19-8-10-23(18)15-7-4-9-22(12-15)13-17-20-16(21-25-17)11-14-5-2-1-3-6-14/h1-3,5-6,15H,4,7-13H2,(H,19,24)/t15-/m0/s1. The van der Waals surface area contributed by atoms with E-state index in [0.29, 0.717) is 24.7 Å². The molecule has 25 heavy (non-hydrogen) atoms. The third kappa shape index (κ3) is 3.82. The van der Waals surface area contributed by atoms with Crippen LogP contribution in [0.25, 0.3) is 0 Å². The third-order valence-corrected chi connectivity index (χ3v) is 4.89. The second-order valence-electron chi connectivity index (χ2n) is 6.72. The van der Waals surface area contributed by atoms with E-state index < -0.39 is 0 Å². The zero-order chi connectivity index (χ0) is 17.1. The zero-order valence-corrected chi connectivity index (χ0v) is 14.2. The van der Waals surface area contributed by atoms with Gasteiger partial charge in [0.15, 0.2) is 5.82 Å². The van der Waals surface area contributed by atoms with Gasteiger partial charge in [0.2, 0.25) is 5.89 Å². The van der Waals surface area contributed by atoms with Crippen LogP contribution < -0.4 is 5.32 Å². The maximum Gasteiger partial charge on any atom is 0.317 e. The SMILES string of the molecule is O=C1NCCN1[C@H]1CCCN(Cc2nc(Cc3ccccc3)no2)C1. The van der Waals surface area contributed by atoms with Crippen molar-refractivity contribution in [1.82, 2.24) is 25.3 Å². The number of urea groups is 1. The number of hydrogen-bond acceptors (Lipinski definition) is 5. The molecule has 1 aromatic heterocycles. The van der Waals surface area contributed by atoms with E-state index in [9.17, 15) is 4.79 Å². The molecule has 0 saturated carbocycles. The minimum Gasteiger partial charge on any atom is -0.338 e. The summed E-state index contributed by atoms with van der Waals surface area (Å²) >= 11 is 0. The van der Waals surface area contributed by atoms with E-state index in [2.05, 4.69) is 32.5 Å². The lowest BCUT2D eigenvalue weighted by Gasteiger charge is -2.36. The van der Waals surface area contributed by atoms with E-state index >= 15 is 0 Å². The van der Waals surface area contributed by atoms with Crippen molar-refractivity contribution < 1.29 is 9.32 Å². The Balaban J connectivity index is 1.35. The fourth-order valence-electron chi connectivity index (χ4n) is 3.66. The van der Waals surface area contributed by atoms with Crippen molar-refractivity contribution in [1.29, 1.82) is 0 Å². The lowest BCUT2D eigenvalue weighted by atomic mass is 10.0. The molecule has 4 rings (SSSR count).